The number of ether oxygens (including phenoxy) is 6. The first kappa shape index (κ1) is 25.5. The van der Waals surface area contributed by atoms with E-state index in [0.29, 0.717) is 0 Å². The molecule has 15 nitrogen and oxygen atoms in total. The van der Waals surface area contributed by atoms with Crippen molar-refractivity contribution < 1.29 is 74.4 Å². The molecule has 0 spiro atoms. The van der Waals surface area contributed by atoms with Gasteiger partial charge in [-0.15, -0.1) is 0 Å². The van der Waals surface area contributed by atoms with E-state index in [4.69, 9.17) is 28.4 Å². The minimum absolute atomic E-state index is 0.00109. The number of aliphatic hydroxyl groups excluding tert-OH is 9. The highest BCUT2D eigenvalue weighted by molar-refractivity contribution is 4.97. The van der Waals surface area contributed by atoms with Gasteiger partial charge in [0.05, 0.1) is 19.8 Å². The summed E-state index contributed by atoms with van der Waals surface area (Å²) in [6, 6.07) is 0. The molecule has 4 rings (SSSR count). The smallest absolute Gasteiger partial charge is 0.187 e. The quantitative estimate of drug-likeness (QED) is 0.170. The van der Waals surface area contributed by atoms with Crippen LogP contribution in [0.15, 0.2) is 0 Å². The topological polar surface area (TPSA) is 237 Å². The minimum atomic E-state index is -1.79. The van der Waals surface area contributed by atoms with Crippen LogP contribution in [0.1, 0.15) is 0 Å². The molecule has 0 aromatic heterocycles. The highest BCUT2D eigenvalue weighted by atomic mass is 16.8. The van der Waals surface area contributed by atoms with Crippen molar-refractivity contribution in [3.05, 3.63) is 0 Å². The Morgan fingerprint density at radius 2 is 1.12 bits per heavy atom. The summed E-state index contributed by atoms with van der Waals surface area (Å²) in [5.74, 6) is 0. The minimum Gasteiger partial charge on any atom is -0.394 e. The summed E-state index contributed by atoms with van der Waals surface area (Å²) >= 11 is 0. The molecular weight excluding hydrogens is 456 g/mol. The maximum atomic E-state index is 10.6. The van der Waals surface area contributed by atoms with Crippen molar-refractivity contribution in [1.82, 2.24) is 0 Å². The first-order valence-corrected chi connectivity index (χ1v) is 10.5. The van der Waals surface area contributed by atoms with Gasteiger partial charge in [0, 0.05) is 0 Å². The summed E-state index contributed by atoms with van der Waals surface area (Å²) < 4.78 is 32.4. The molecule has 2 bridgehead atoms. The second-order valence-corrected chi connectivity index (χ2v) is 8.46. The third-order valence-corrected chi connectivity index (χ3v) is 6.32. The normalized spacial score (nSPS) is 55.0. The van der Waals surface area contributed by atoms with Gasteiger partial charge in [-0.2, -0.15) is 0 Å². The van der Waals surface area contributed by atoms with Gasteiger partial charge >= 0.3 is 0 Å². The molecule has 15 atom stereocenters. The van der Waals surface area contributed by atoms with Gasteiger partial charge in [-0.3, -0.25) is 0 Å². The second kappa shape index (κ2) is 10.2. The van der Waals surface area contributed by atoms with E-state index in [1.54, 1.807) is 0 Å². The van der Waals surface area contributed by atoms with E-state index in [1.165, 1.54) is 0 Å². The molecule has 33 heavy (non-hydrogen) atoms. The van der Waals surface area contributed by atoms with Gasteiger partial charge in [-0.25, -0.2) is 0 Å². The Kier molecular flexibility index (Phi) is 7.86. The van der Waals surface area contributed by atoms with Crippen molar-refractivity contribution >= 4 is 0 Å². The fourth-order valence-corrected chi connectivity index (χ4v) is 4.36. The van der Waals surface area contributed by atoms with Gasteiger partial charge < -0.3 is 74.4 Å². The number of hydrogen-bond acceptors (Lipinski definition) is 15. The zero-order chi connectivity index (χ0) is 24.0. The summed E-state index contributed by atoms with van der Waals surface area (Å²) in [7, 11) is 0. The van der Waals surface area contributed by atoms with Crippen LogP contribution < -0.4 is 0 Å². The molecule has 0 radical (unpaired) electrons. The fourth-order valence-electron chi connectivity index (χ4n) is 4.36. The Hall–Kier alpha value is -0.600. The molecule has 0 aromatic rings. The van der Waals surface area contributed by atoms with E-state index in [0.717, 1.165) is 0 Å². The van der Waals surface area contributed by atoms with Crippen molar-refractivity contribution in [3.63, 3.8) is 0 Å². The van der Waals surface area contributed by atoms with Crippen LogP contribution in [0.25, 0.3) is 0 Å². The van der Waals surface area contributed by atoms with Gasteiger partial charge in [0.25, 0.3) is 0 Å². The molecule has 0 aromatic carbocycles. The zero-order valence-corrected chi connectivity index (χ0v) is 17.3. The van der Waals surface area contributed by atoms with Crippen molar-refractivity contribution in [1.29, 1.82) is 0 Å². The Bertz CT molecular complexity index is 650. The van der Waals surface area contributed by atoms with E-state index in [2.05, 4.69) is 0 Å². The van der Waals surface area contributed by atoms with Crippen LogP contribution in [0.2, 0.25) is 0 Å². The Balaban J connectivity index is 1.44. The SMILES string of the molecule is OC[C@H]1O[C@H](O[C@H]2[C@H](O)[C@@H](O)[C@@H](O[C@H]3[C@H](O)[C@@H](O)[C@@H]4OC[C@H]3O4)O[C@@H]2CO)[C@H](O)[C@@H](O)[C@@H]1O. The van der Waals surface area contributed by atoms with Gasteiger partial charge in [-0.05, 0) is 0 Å². The average molecular weight is 486 g/mol. The third kappa shape index (κ3) is 4.65. The average Bonchev–Trinajstić information content (AvgIpc) is 3.26. The molecule has 4 fully saturated rings. The van der Waals surface area contributed by atoms with Crippen molar-refractivity contribution in [2.45, 2.75) is 92.1 Å². The molecular formula is C18H30O15. The van der Waals surface area contributed by atoms with Crippen LogP contribution in [0.5, 0.6) is 0 Å². The Morgan fingerprint density at radius 3 is 1.76 bits per heavy atom. The standard InChI is InChI=1S/C18H30O15/c19-1-4-7(21)8(22)11(25)17(29-4)32-14-5(2-20)30-18(13(27)10(14)24)33-15-6-3-28-16(31-6)12(26)9(15)23/h4-27H,1-3H2/t4-,5-,6-,7-,8+,9-,10-,11-,12-,13-,14-,15-,16-,17-,18-/m1/s1. The molecule has 0 aliphatic carbocycles. The molecule has 15 heteroatoms. The molecule has 9 N–H and O–H groups in total. The fraction of sp³-hybridized carbons (Fsp3) is 1.00. The Morgan fingerprint density at radius 1 is 0.576 bits per heavy atom. The van der Waals surface area contributed by atoms with E-state index in [9.17, 15) is 46.0 Å². The highest BCUT2D eigenvalue weighted by Gasteiger charge is 2.55. The monoisotopic (exact) mass is 486 g/mol. The van der Waals surface area contributed by atoms with E-state index >= 15 is 0 Å². The first-order valence-electron chi connectivity index (χ1n) is 10.5. The number of aliphatic hydroxyl groups is 9. The van der Waals surface area contributed by atoms with Gasteiger partial charge in [0.2, 0.25) is 0 Å². The maximum absolute atomic E-state index is 10.6. The van der Waals surface area contributed by atoms with Crippen LogP contribution in [-0.4, -0.2) is 158 Å². The van der Waals surface area contributed by atoms with Crippen LogP contribution in [0.3, 0.4) is 0 Å². The predicted molar refractivity (Wildman–Crippen MR) is 97.9 cm³/mol. The van der Waals surface area contributed by atoms with E-state index < -0.39 is 105 Å². The second-order valence-electron chi connectivity index (χ2n) is 8.46. The number of fused-ring (bicyclic) bond motifs is 2. The third-order valence-electron chi connectivity index (χ3n) is 6.32. The van der Waals surface area contributed by atoms with Crippen molar-refractivity contribution in [2.24, 2.45) is 0 Å². The van der Waals surface area contributed by atoms with Crippen molar-refractivity contribution in [3.8, 4) is 0 Å². The van der Waals surface area contributed by atoms with Crippen LogP contribution in [0.4, 0.5) is 0 Å². The summed E-state index contributed by atoms with van der Waals surface area (Å²) in [6.07, 6.45) is -21.9. The lowest BCUT2D eigenvalue weighted by Crippen LogP contribution is -2.66. The summed E-state index contributed by atoms with van der Waals surface area (Å²) in [4.78, 5) is 0. The van der Waals surface area contributed by atoms with Gasteiger partial charge in [-0.1, -0.05) is 0 Å². The van der Waals surface area contributed by atoms with Crippen molar-refractivity contribution in [2.75, 3.05) is 19.8 Å². The molecule has 4 heterocycles. The predicted octanol–water partition coefficient (Wildman–Crippen LogP) is -6.53. The molecule has 0 amide bonds. The summed E-state index contributed by atoms with van der Waals surface area (Å²) in [5.41, 5.74) is 0. The summed E-state index contributed by atoms with van der Waals surface area (Å²) in [5, 5.41) is 90.5. The molecule has 0 saturated carbocycles. The largest absolute Gasteiger partial charge is 0.394 e. The van der Waals surface area contributed by atoms with Gasteiger partial charge in [0.15, 0.2) is 18.9 Å². The van der Waals surface area contributed by atoms with Crippen LogP contribution in [0, 0.1) is 0 Å². The molecule has 4 aliphatic rings. The highest BCUT2D eigenvalue weighted by Crippen LogP contribution is 2.34. The molecule has 4 saturated heterocycles. The number of rotatable bonds is 6. The zero-order valence-electron chi connectivity index (χ0n) is 17.3. The lowest BCUT2D eigenvalue weighted by Gasteiger charge is -2.47. The van der Waals surface area contributed by atoms with E-state index in [1.807, 2.05) is 0 Å². The first-order chi connectivity index (χ1) is 15.7. The molecule has 192 valence electrons. The lowest BCUT2D eigenvalue weighted by atomic mass is 9.96. The lowest BCUT2D eigenvalue weighted by molar-refractivity contribution is -0.371. The molecule has 4 aliphatic heterocycles. The maximum Gasteiger partial charge on any atom is 0.187 e. The summed E-state index contributed by atoms with van der Waals surface area (Å²) in [6.45, 7) is -1.45. The van der Waals surface area contributed by atoms with Crippen LogP contribution in [-0.2, 0) is 28.4 Å². The Labute approximate surface area is 187 Å². The van der Waals surface area contributed by atoms with Gasteiger partial charge in [0.1, 0.15) is 73.2 Å². The van der Waals surface area contributed by atoms with Crippen LogP contribution >= 0.6 is 0 Å². The van der Waals surface area contributed by atoms with E-state index in [-0.39, 0.29) is 6.61 Å². The molecule has 0 unspecified atom stereocenters. The number of hydrogen-bond donors (Lipinski definition) is 9.